The second kappa shape index (κ2) is 3.66. The molecule has 2 fully saturated rings. The van der Waals surface area contributed by atoms with Crippen LogP contribution in [0.15, 0.2) is 18.2 Å². The van der Waals surface area contributed by atoms with Gasteiger partial charge in [-0.2, -0.15) is 0 Å². The van der Waals surface area contributed by atoms with E-state index in [9.17, 15) is 0 Å². The highest BCUT2D eigenvalue weighted by molar-refractivity contribution is 5.53. The molecule has 3 aliphatic rings. The Balaban J connectivity index is 1.75. The third-order valence-corrected chi connectivity index (χ3v) is 5.44. The summed E-state index contributed by atoms with van der Waals surface area (Å²) >= 11 is 0. The Morgan fingerprint density at radius 3 is 3.00 bits per heavy atom. The van der Waals surface area contributed by atoms with Gasteiger partial charge in [-0.3, -0.25) is 0 Å². The number of methoxy groups -OCH3 is 1. The summed E-state index contributed by atoms with van der Waals surface area (Å²) in [5, 5.41) is 0. The molecule has 1 aromatic carbocycles. The molecule has 2 saturated carbocycles. The van der Waals surface area contributed by atoms with Crippen LogP contribution in [0.3, 0.4) is 0 Å². The molecule has 2 bridgehead atoms. The van der Waals surface area contributed by atoms with Gasteiger partial charge in [0.25, 0.3) is 0 Å². The zero-order valence-corrected chi connectivity index (χ0v) is 11.1. The molecule has 5 atom stereocenters. The van der Waals surface area contributed by atoms with Crippen LogP contribution in [-0.2, 0) is 0 Å². The van der Waals surface area contributed by atoms with Crippen molar-refractivity contribution in [3.8, 4) is 11.5 Å². The average molecular weight is 244 g/mol. The Kier molecular flexibility index (Phi) is 2.18. The number of hydrogen-bond donors (Lipinski definition) is 0. The standard InChI is InChI=1S/C16H20O2/c1-3-9-7-10-8-12(9)16-14(10)11-5-4-6-13(17-2)15(11)18-16/h4-6,9-10,12,14,16H,3,7-8H2,1-2H3/t9-,10-,12-,14-,16-/m0/s1. The average Bonchev–Trinajstić information content (AvgIpc) is 3.06. The Morgan fingerprint density at radius 1 is 1.33 bits per heavy atom. The van der Waals surface area contributed by atoms with Crippen LogP contribution < -0.4 is 9.47 Å². The van der Waals surface area contributed by atoms with E-state index in [1.807, 2.05) is 6.07 Å². The third-order valence-electron chi connectivity index (χ3n) is 5.44. The first kappa shape index (κ1) is 10.7. The lowest BCUT2D eigenvalue weighted by Gasteiger charge is -2.29. The van der Waals surface area contributed by atoms with E-state index in [-0.39, 0.29) is 0 Å². The predicted molar refractivity (Wildman–Crippen MR) is 70.1 cm³/mol. The maximum absolute atomic E-state index is 6.29. The maximum Gasteiger partial charge on any atom is 0.165 e. The lowest BCUT2D eigenvalue weighted by molar-refractivity contribution is 0.106. The smallest absolute Gasteiger partial charge is 0.165 e. The summed E-state index contributed by atoms with van der Waals surface area (Å²) in [5.74, 6) is 5.09. The summed E-state index contributed by atoms with van der Waals surface area (Å²) < 4.78 is 11.7. The Bertz CT molecular complexity index is 480. The summed E-state index contributed by atoms with van der Waals surface area (Å²) in [6, 6.07) is 6.36. The molecule has 0 amide bonds. The maximum atomic E-state index is 6.29. The molecule has 0 radical (unpaired) electrons. The topological polar surface area (TPSA) is 18.5 Å². The van der Waals surface area contributed by atoms with E-state index in [4.69, 9.17) is 9.47 Å². The molecule has 18 heavy (non-hydrogen) atoms. The molecule has 1 aliphatic heterocycles. The fraction of sp³-hybridized carbons (Fsp3) is 0.625. The van der Waals surface area contributed by atoms with Gasteiger partial charge in [0.05, 0.1) is 7.11 Å². The Labute approximate surface area is 108 Å². The fourth-order valence-corrected chi connectivity index (χ4v) is 4.71. The Morgan fingerprint density at radius 2 is 2.22 bits per heavy atom. The molecule has 0 N–H and O–H groups in total. The van der Waals surface area contributed by atoms with Crippen molar-refractivity contribution in [2.45, 2.75) is 38.2 Å². The molecule has 2 heteroatoms. The number of para-hydroxylation sites is 1. The lowest BCUT2D eigenvalue weighted by atomic mass is 9.77. The zero-order chi connectivity index (χ0) is 12.3. The van der Waals surface area contributed by atoms with E-state index in [2.05, 4.69) is 19.1 Å². The van der Waals surface area contributed by atoms with E-state index >= 15 is 0 Å². The van der Waals surface area contributed by atoms with Crippen molar-refractivity contribution in [2.75, 3.05) is 7.11 Å². The van der Waals surface area contributed by atoms with Crippen molar-refractivity contribution in [2.24, 2.45) is 17.8 Å². The van der Waals surface area contributed by atoms with Gasteiger partial charge in [0.1, 0.15) is 6.10 Å². The highest BCUT2D eigenvalue weighted by atomic mass is 16.5. The van der Waals surface area contributed by atoms with Crippen LogP contribution in [0.2, 0.25) is 0 Å². The predicted octanol–water partition coefficient (Wildman–Crippen LogP) is 3.61. The molecular formula is C16H20O2. The van der Waals surface area contributed by atoms with Crippen LogP contribution >= 0.6 is 0 Å². The molecule has 0 saturated heterocycles. The van der Waals surface area contributed by atoms with E-state index in [1.54, 1.807) is 7.11 Å². The number of rotatable bonds is 2. The van der Waals surface area contributed by atoms with Gasteiger partial charge in [-0.15, -0.1) is 0 Å². The number of fused-ring (bicyclic) bond motifs is 7. The molecule has 0 spiro atoms. The molecule has 2 aliphatic carbocycles. The number of hydrogen-bond acceptors (Lipinski definition) is 2. The monoisotopic (exact) mass is 244 g/mol. The SMILES string of the molecule is CC[C@H]1C[C@H]2C[C@@H]1[C@@H]1Oc3c(OC)cccc3[C@H]21. The molecule has 1 heterocycles. The molecule has 2 nitrogen and oxygen atoms in total. The van der Waals surface area contributed by atoms with Gasteiger partial charge in [0.15, 0.2) is 11.5 Å². The van der Waals surface area contributed by atoms with E-state index in [0.717, 1.165) is 29.3 Å². The minimum atomic E-state index is 0.431. The van der Waals surface area contributed by atoms with Crippen LogP contribution in [0, 0.1) is 17.8 Å². The normalized spacial score (nSPS) is 39.3. The molecular weight excluding hydrogens is 224 g/mol. The lowest BCUT2D eigenvalue weighted by Crippen LogP contribution is -2.31. The highest BCUT2D eigenvalue weighted by Gasteiger charge is 2.57. The summed E-state index contributed by atoms with van der Waals surface area (Å²) in [7, 11) is 1.73. The van der Waals surface area contributed by atoms with Gasteiger partial charge in [0.2, 0.25) is 0 Å². The molecule has 4 rings (SSSR count). The quantitative estimate of drug-likeness (QED) is 0.791. The summed E-state index contributed by atoms with van der Waals surface area (Å²) in [4.78, 5) is 0. The van der Waals surface area contributed by atoms with E-state index in [0.29, 0.717) is 12.0 Å². The van der Waals surface area contributed by atoms with Crippen molar-refractivity contribution >= 4 is 0 Å². The molecule has 96 valence electrons. The van der Waals surface area contributed by atoms with Crippen LogP contribution in [0.5, 0.6) is 11.5 Å². The first-order chi connectivity index (χ1) is 8.83. The minimum Gasteiger partial charge on any atom is -0.493 e. The second-order valence-electron chi connectivity index (χ2n) is 6.05. The van der Waals surface area contributed by atoms with Crippen molar-refractivity contribution in [3.05, 3.63) is 23.8 Å². The van der Waals surface area contributed by atoms with Crippen molar-refractivity contribution in [1.82, 2.24) is 0 Å². The molecule has 0 unspecified atom stereocenters. The van der Waals surface area contributed by atoms with Gasteiger partial charge >= 0.3 is 0 Å². The fourth-order valence-electron chi connectivity index (χ4n) is 4.71. The Hall–Kier alpha value is -1.18. The van der Waals surface area contributed by atoms with E-state index in [1.165, 1.54) is 24.8 Å². The minimum absolute atomic E-state index is 0.431. The van der Waals surface area contributed by atoms with Crippen molar-refractivity contribution in [3.63, 3.8) is 0 Å². The van der Waals surface area contributed by atoms with Crippen LogP contribution in [0.4, 0.5) is 0 Å². The number of ether oxygens (including phenoxy) is 2. The first-order valence-electron chi connectivity index (χ1n) is 7.17. The highest BCUT2D eigenvalue weighted by Crippen LogP contribution is 2.63. The summed E-state index contributed by atoms with van der Waals surface area (Å²) in [6.45, 7) is 2.32. The summed E-state index contributed by atoms with van der Waals surface area (Å²) in [5.41, 5.74) is 1.40. The third kappa shape index (κ3) is 1.19. The van der Waals surface area contributed by atoms with Gasteiger partial charge in [-0.05, 0) is 36.7 Å². The van der Waals surface area contributed by atoms with Gasteiger partial charge in [0, 0.05) is 11.5 Å². The van der Waals surface area contributed by atoms with Crippen LogP contribution in [0.1, 0.15) is 37.7 Å². The van der Waals surface area contributed by atoms with E-state index < -0.39 is 0 Å². The van der Waals surface area contributed by atoms with Gasteiger partial charge in [-0.1, -0.05) is 25.5 Å². The van der Waals surface area contributed by atoms with Crippen LogP contribution in [0.25, 0.3) is 0 Å². The van der Waals surface area contributed by atoms with Crippen molar-refractivity contribution in [1.29, 1.82) is 0 Å². The second-order valence-corrected chi connectivity index (χ2v) is 6.05. The molecule has 1 aromatic rings. The first-order valence-corrected chi connectivity index (χ1v) is 7.17. The molecule has 0 aromatic heterocycles. The summed E-state index contributed by atoms with van der Waals surface area (Å²) in [6.07, 6.45) is 4.52. The number of benzene rings is 1. The van der Waals surface area contributed by atoms with Gasteiger partial charge in [-0.25, -0.2) is 0 Å². The van der Waals surface area contributed by atoms with Crippen LogP contribution in [-0.4, -0.2) is 13.2 Å². The largest absolute Gasteiger partial charge is 0.493 e. The van der Waals surface area contributed by atoms with Gasteiger partial charge < -0.3 is 9.47 Å². The zero-order valence-electron chi connectivity index (χ0n) is 11.1. The van der Waals surface area contributed by atoms with Crippen molar-refractivity contribution < 1.29 is 9.47 Å².